The minimum atomic E-state index is 0.797. The summed E-state index contributed by atoms with van der Waals surface area (Å²) in [6, 6.07) is 12.5. The molecule has 1 aromatic carbocycles. The Hall–Kier alpha value is -1.77. The number of hydrogen-bond acceptors (Lipinski definition) is 3. The summed E-state index contributed by atoms with van der Waals surface area (Å²) in [5, 5.41) is 11.0. The van der Waals surface area contributed by atoms with Crippen LogP contribution in [-0.4, -0.2) is 15.4 Å². The predicted octanol–water partition coefficient (Wildman–Crippen LogP) is 1.34. The molecule has 0 N–H and O–H groups in total. The molecular weight excluding hydrogens is 150 g/mol. The monoisotopic (exact) mass is 156 g/mol. The number of aromatic nitrogens is 3. The average Bonchev–Trinajstić information content (AvgIpc) is 2.21. The summed E-state index contributed by atoms with van der Waals surface area (Å²) < 4.78 is 0. The highest BCUT2D eigenvalue weighted by Crippen LogP contribution is 2.12. The van der Waals surface area contributed by atoms with Crippen molar-refractivity contribution >= 4 is 0 Å². The van der Waals surface area contributed by atoms with Gasteiger partial charge in [0.15, 0.2) is 0 Å². The molecule has 1 radical (unpaired) electrons. The molecule has 0 atom stereocenters. The normalized spacial score (nSPS) is 9.67. The molecule has 3 nitrogen and oxygen atoms in total. The van der Waals surface area contributed by atoms with Crippen LogP contribution >= 0.6 is 0 Å². The first-order valence-electron chi connectivity index (χ1n) is 3.58. The van der Waals surface area contributed by atoms with Crippen molar-refractivity contribution in [1.29, 1.82) is 0 Å². The molecule has 0 unspecified atom stereocenters. The van der Waals surface area contributed by atoms with Crippen LogP contribution in [-0.2, 0) is 0 Å². The molecule has 0 fully saturated rings. The van der Waals surface area contributed by atoms with Crippen molar-refractivity contribution in [2.75, 3.05) is 0 Å². The van der Waals surface area contributed by atoms with Crippen molar-refractivity contribution in [3.8, 4) is 11.3 Å². The fourth-order valence-electron chi connectivity index (χ4n) is 0.937. The quantitative estimate of drug-likeness (QED) is 0.625. The second-order valence-corrected chi connectivity index (χ2v) is 2.28. The largest absolute Gasteiger partial charge is 0.139 e. The van der Waals surface area contributed by atoms with Gasteiger partial charge in [-0.15, -0.1) is 10.2 Å². The van der Waals surface area contributed by atoms with Gasteiger partial charge in [-0.2, -0.15) is 0 Å². The van der Waals surface area contributed by atoms with Crippen LogP contribution in [0.15, 0.2) is 36.5 Å². The molecule has 1 heterocycles. The van der Waals surface area contributed by atoms with E-state index in [1.54, 1.807) is 12.3 Å². The smallest absolute Gasteiger partial charge is 0.0969 e. The lowest BCUT2D eigenvalue weighted by Crippen LogP contribution is -1.88. The van der Waals surface area contributed by atoms with E-state index in [1.165, 1.54) is 0 Å². The molecule has 0 aliphatic rings. The first-order chi connectivity index (χ1) is 5.97. The van der Waals surface area contributed by atoms with E-state index in [2.05, 4.69) is 21.5 Å². The van der Waals surface area contributed by atoms with Crippen LogP contribution in [0.25, 0.3) is 11.3 Å². The summed E-state index contributed by atoms with van der Waals surface area (Å²) in [6.07, 6.45) is 1.61. The van der Waals surface area contributed by atoms with Gasteiger partial charge in [0.25, 0.3) is 0 Å². The van der Waals surface area contributed by atoms with Gasteiger partial charge < -0.3 is 0 Å². The molecule has 2 rings (SSSR count). The number of hydrogen-bond donors (Lipinski definition) is 0. The van der Waals surface area contributed by atoms with E-state index in [1.807, 2.05) is 24.3 Å². The van der Waals surface area contributed by atoms with Gasteiger partial charge in [-0.25, -0.2) is 0 Å². The predicted molar refractivity (Wildman–Crippen MR) is 44.1 cm³/mol. The van der Waals surface area contributed by atoms with Gasteiger partial charge in [0.05, 0.1) is 11.9 Å². The molecule has 0 spiro atoms. The summed E-state index contributed by atoms with van der Waals surface area (Å²) in [6.45, 7) is 0. The molecule has 57 valence electrons. The lowest BCUT2D eigenvalue weighted by atomic mass is 10.2. The van der Waals surface area contributed by atoms with Gasteiger partial charge in [0.2, 0.25) is 0 Å². The second kappa shape index (κ2) is 3.09. The van der Waals surface area contributed by atoms with E-state index in [0.29, 0.717) is 0 Å². The maximum atomic E-state index is 3.86. The van der Waals surface area contributed by atoms with E-state index in [9.17, 15) is 0 Å². The number of nitrogens with zero attached hydrogens (tertiary/aromatic N) is 3. The summed E-state index contributed by atoms with van der Waals surface area (Å²) in [5.74, 6) is 0. The third kappa shape index (κ3) is 1.29. The van der Waals surface area contributed by atoms with Crippen LogP contribution in [0.2, 0.25) is 0 Å². The first kappa shape index (κ1) is 6.91. The highest BCUT2D eigenvalue weighted by molar-refractivity contribution is 5.56. The van der Waals surface area contributed by atoms with Crippen molar-refractivity contribution < 1.29 is 0 Å². The van der Waals surface area contributed by atoms with E-state index in [4.69, 9.17) is 0 Å². The first-order valence-corrected chi connectivity index (χ1v) is 3.58. The van der Waals surface area contributed by atoms with Crippen LogP contribution in [0.5, 0.6) is 0 Å². The van der Waals surface area contributed by atoms with Crippen molar-refractivity contribution in [3.63, 3.8) is 0 Å². The maximum Gasteiger partial charge on any atom is 0.0969 e. The van der Waals surface area contributed by atoms with Crippen LogP contribution in [0, 0.1) is 6.07 Å². The fourth-order valence-corrected chi connectivity index (χ4v) is 0.937. The Morgan fingerprint density at radius 3 is 2.83 bits per heavy atom. The molecule has 0 bridgehead atoms. The van der Waals surface area contributed by atoms with Gasteiger partial charge >= 0.3 is 0 Å². The highest BCUT2D eigenvalue weighted by Gasteiger charge is 1.95. The second-order valence-electron chi connectivity index (χ2n) is 2.28. The van der Waals surface area contributed by atoms with Gasteiger partial charge in [0, 0.05) is 5.56 Å². The molecule has 3 heteroatoms. The Morgan fingerprint density at radius 2 is 2.17 bits per heavy atom. The molecule has 0 aliphatic heterocycles. The summed E-state index contributed by atoms with van der Waals surface area (Å²) in [7, 11) is 0. The van der Waals surface area contributed by atoms with Crippen molar-refractivity contribution in [2.45, 2.75) is 0 Å². The van der Waals surface area contributed by atoms with Crippen LogP contribution in [0.1, 0.15) is 0 Å². The van der Waals surface area contributed by atoms with Gasteiger partial charge in [-0.3, -0.25) is 0 Å². The molecular formula is C9H6N3. The Kier molecular flexibility index (Phi) is 1.78. The van der Waals surface area contributed by atoms with Crippen molar-refractivity contribution in [2.24, 2.45) is 0 Å². The topological polar surface area (TPSA) is 38.7 Å². The number of benzene rings is 1. The zero-order valence-electron chi connectivity index (χ0n) is 6.31. The third-order valence-corrected chi connectivity index (χ3v) is 1.49. The van der Waals surface area contributed by atoms with Crippen LogP contribution in [0.3, 0.4) is 0 Å². The van der Waals surface area contributed by atoms with E-state index in [0.717, 1.165) is 11.3 Å². The summed E-state index contributed by atoms with van der Waals surface area (Å²) in [4.78, 5) is 0. The summed E-state index contributed by atoms with van der Waals surface area (Å²) >= 11 is 0. The van der Waals surface area contributed by atoms with Gasteiger partial charge in [-0.1, -0.05) is 24.3 Å². The SMILES string of the molecule is [c]1ccccc1-c1ccnnn1. The summed E-state index contributed by atoms with van der Waals surface area (Å²) in [5.41, 5.74) is 1.73. The Morgan fingerprint density at radius 1 is 1.17 bits per heavy atom. The maximum absolute atomic E-state index is 3.86. The minimum Gasteiger partial charge on any atom is -0.139 e. The molecule has 0 saturated carbocycles. The van der Waals surface area contributed by atoms with Gasteiger partial charge in [-0.05, 0) is 17.3 Å². The Labute approximate surface area is 70.1 Å². The zero-order valence-corrected chi connectivity index (χ0v) is 6.31. The minimum absolute atomic E-state index is 0.797. The van der Waals surface area contributed by atoms with Crippen LogP contribution in [0.4, 0.5) is 0 Å². The molecule has 0 aliphatic carbocycles. The van der Waals surface area contributed by atoms with Crippen molar-refractivity contribution in [1.82, 2.24) is 15.4 Å². The third-order valence-electron chi connectivity index (χ3n) is 1.49. The molecule has 12 heavy (non-hydrogen) atoms. The number of rotatable bonds is 1. The zero-order chi connectivity index (χ0) is 8.23. The molecule has 1 aromatic heterocycles. The Bertz CT molecular complexity index is 307. The standard InChI is InChI=1S/C9H6N3/c1-2-4-8(5-3-1)9-6-7-10-12-11-9/h1-4,6-7H. The van der Waals surface area contributed by atoms with E-state index < -0.39 is 0 Å². The lowest BCUT2D eigenvalue weighted by molar-refractivity contribution is 0.870. The molecule has 0 amide bonds. The van der Waals surface area contributed by atoms with Gasteiger partial charge in [0.1, 0.15) is 0 Å². The molecule has 2 aromatic rings. The Balaban J connectivity index is 2.46. The lowest BCUT2D eigenvalue weighted by Gasteiger charge is -1.94. The van der Waals surface area contributed by atoms with E-state index >= 15 is 0 Å². The molecule has 0 saturated heterocycles. The van der Waals surface area contributed by atoms with Crippen molar-refractivity contribution in [3.05, 3.63) is 42.6 Å². The van der Waals surface area contributed by atoms with E-state index in [-0.39, 0.29) is 0 Å². The van der Waals surface area contributed by atoms with Crippen LogP contribution < -0.4 is 0 Å². The average molecular weight is 156 g/mol. The highest BCUT2D eigenvalue weighted by atomic mass is 15.3. The fraction of sp³-hybridized carbons (Fsp3) is 0.